The second-order valence-corrected chi connectivity index (χ2v) is 6.27. The van der Waals surface area contributed by atoms with E-state index in [0.29, 0.717) is 15.8 Å². The summed E-state index contributed by atoms with van der Waals surface area (Å²) in [6.07, 6.45) is 0. The summed E-state index contributed by atoms with van der Waals surface area (Å²) < 4.78 is 0. The minimum absolute atomic E-state index is 0.182. The third-order valence-corrected chi connectivity index (χ3v) is 4.40. The molecule has 1 heterocycles. The zero-order chi connectivity index (χ0) is 17.1. The van der Waals surface area contributed by atoms with Gasteiger partial charge in [0.05, 0.1) is 6.04 Å². The van der Waals surface area contributed by atoms with Gasteiger partial charge in [-0.15, -0.1) is 0 Å². The fourth-order valence-corrected chi connectivity index (χ4v) is 3.23. The molecule has 1 amide bonds. The van der Waals surface area contributed by atoms with E-state index in [2.05, 4.69) is 22.5 Å². The van der Waals surface area contributed by atoms with Crippen LogP contribution in [0.25, 0.3) is 0 Å². The molecule has 1 aliphatic rings. The van der Waals surface area contributed by atoms with Crippen LogP contribution in [0, 0.1) is 5.92 Å². The molecule has 24 heavy (non-hydrogen) atoms. The number of hydrogen-bond acceptors (Lipinski definition) is 2. The Balaban J connectivity index is 1.92. The first kappa shape index (κ1) is 16.5. The average Bonchev–Trinajstić information content (AvgIpc) is 2.55. The van der Waals surface area contributed by atoms with Gasteiger partial charge in [-0.25, -0.2) is 0 Å². The number of halogens is 1. The molecule has 2 aromatic rings. The monoisotopic (exact) mass is 357 g/mol. The third kappa shape index (κ3) is 3.42. The summed E-state index contributed by atoms with van der Waals surface area (Å²) in [7, 11) is 0. The van der Waals surface area contributed by atoms with E-state index in [4.69, 9.17) is 23.8 Å². The SMILES string of the molecule is C=C1NC(=S)NC(c2ccccc2Cl)C1C(=O)Nc1ccccc1. The summed E-state index contributed by atoms with van der Waals surface area (Å²) in [5, 5.41) is 9.98. The van der Waals surface area contributed by atoms with Crippen LogP contribution in [0.1, 0.15) is 11.6 Å². The van der Waals surface area contributed by atoms with E-state index in [1.807, 2.05) is 48.5 Å². The number of nitrogens with one attached hydrogen (secondary N) is 3. The number of benzene rings is 2. The van der Waals surface area contributed by atoms with E-state index in [-0.39, 0.29) is 11.9 Å². The maximum absolute atomic E-state index is 12.8. The lowest BCUT2D eigenvalue weighted by atomic mass is 9.88. The van der Waals surface area contributed by atoms with E-state index >= 15 is 0 Å². The van der Waals surface area contributed by atoms with Crippen LogP contribution >= 0.6 is 23.8 Å². The number of thiocarbonyl (C=S) groups is 1. The maximum Gasteiger partial charge on any atom is 0.235 e. The predicted molar refractivity (Wildman–Crippen MR) is 101 cm³/mol. The molecule has 4 nitrogen and oxygen atoms in total. The Morgan fingerprint density at radius 1 is 1.12 bits per heavy atom. The van der Waals surface area contributed by atoms with Crippen LogP contribution in [-0.4, -0.2) is 11.0 Å². The number of carbonyl (C=O) groups is 1. The Kier molecular flexibility index (Phi) is 4.83. The molecule has 3 rings (SSSR count). The van der Waals surface area contributed by atoms with Crippen molar-refractivity contribution in [2.45, 2.75) is 6.04 Å². The van der Waals surface area contributed by atoms with Crippen LogP contribution in [0.2, 0.25) is 5.02 Å². The summed E-state index contributed by atoms with van der Waals surface area (Å²) in [4.78, 5) is 12.8. The van der Waals surface area contributed by atoms with Gasteiger partial charge in [-0.1, -0.05) is 54.6 Å². The second kappa shape index (κ2) is 7.03. The molecule has 0 aliphatic carbocycles. The van der Waals surface area contributed by atoms with Crippen LogP contribution in [0.3, 0.4) is 0 Å². The smallest absolute Gasteiger partial charge is 0.235 e. The fraction of sp³-hybridized carbons (Fsp3) is 0.111. The highest BCUT2D eigenvalue weighted by Gasteiger charge is 2.37. The Morgan fingerprint density at radius 2 is 1.79 bits per heavy atom. The van der Waals surface area contributed by atoms with Gasteiger partial charge in [0.15, 0.2) is 5.11 Å². The van der Waals surface area contributed by atoms with Crippen LogP contribution in [0.5, 0.6) is 0 Å². The van der Waals surface area contributed by atoms with Gasteiger partial charge in [-0.2, -0.15) is 0 Å². The Hall–Kier alpha value is -2.37. The van der Waals surface area contributed by atoms with Crippen molar-refractivity contribution in [1.82, 2.24) is 10.6 Å². The van der Waals surface area contributed by atoms with Gasteiger partial charge < -0.3 is 16.0 Å². The van der Waals surface area contributed by atoms with Crippen LogP contribution in [-0.2, 0) is 4.79 Å². The largest absolute Gasteiger partial charge is 0.354 e. The lowest BCUT2D eigenvalue weighted by Gasteiger charge is -2.35. The normalized spacial score (nSPS) is 20.0. The predicted octanol–water partition coefficient (Wildman–Crippen LogP) is 3.63. The standard InChI is InChI=1S/C18H16ClN3OS/c1-11-15(17(23)21-12-7-3-2-4-8-12)16(22-18(24)20-11)13-9-5-6-10-14(13)19/h2-10,15-16H,1H2,(H,21,23)(H2,20,22,24). The molecule has 0 spiro atoms. The van der Waals surface area contributed by atoms with Crippen molar-refractivity contribution < 1.29 is 4.79 Å². The van der Waals surface area contributed by atoms with Crippen LogP contribution < -0.4 is 16.0 Å². The molecule has 1 aliphatic heterocycles. The van der Waals surface area contributed by atoms with Gasteiger partial charge in [0, 0.05) is 16.4 Å². The molecule has 0 saturated carbocycles. The molecule has 6 heteroatoms. The van der Waals surface area contributed by atoms with E-state index in [9.17, 15) is 4.79 Å². The van der Waals surface area contributed by atoms with Gasteiger partial charge in [-0.05, 0) is 36.0 Å². The molecule has 2 aromatic carbocycles. The van der Waals surface area contributed by atoms with Gasteiger partial charge in [0.2, 0.25) is 5.91 Å². The summed E-state index contributed by atoms with van der Waals surface area (Å²) in [5.74, 6) is -0.740. The molecule has 0 bridgehead atoms. The van der Waals surface area contributed by atoms with Crippen molar-refractivity contribution in [1.29, 1.82) is 0 Å². The highest BCUT2D eigenvalue weighted by molar-refractivity contribution is 7.80. The number of para-hydroxylation sites is 1. The summed E-state index contributed by atoms with van der Waals surface area (Å²) in [6, 6.07) is 16.3. The minimum atomic E-state index is -0.559. The van der Waals surface area contributed by atoms with Crippen LogP contribution in [0.4, 0.5) is 5.69 Å². The summed E-state index contributed by atoms with van der Waals surface area (Å²) in [5.41, 5.74) is 2.07. The van der Waals surface area contributed by atoms with Gasteiger partial charge in [0.1, 0.15) is 5.92 Å². The fourth-order valence-electron chi connectivity index (χ4n) is 2.72. The molecule has 1 fully saturated rings. The highest BCUT2D eigenvalue weighted by Crippen LogP contribution is 2.34. The van der Waals surface area contributed by atoms with Crippen molar-refractivity contribution in [3.05, 3.63) is 77.5 Å². The van der Waals surface area contributed by atoms with Crippen molar-refractivity contribution in [2.75, 3.05) is 5.32 Å². The molecule has 2 unspecified atom stereocenters. The number of rotatable bonds is 3. The third-order valence-electron chi connectivity index (χ3n) is 3.83. The highest BCUT2D eigenvalue weighted by atomic mass is 35.5. The number of hydrogen-bond donors (Lipinski definition) is 3. The van der Waals surface area contributed by atoms with E-state index in [1.54, 1.807) is 6.07 Å². The topological polar surface area (TPSA) is 53.2 Å². The molecule has 1 saturated heterocycles. The molecule has 3 N–H and O–H groups in total. The maximum atomic E-state index is 12.8. The number of carbonyl (C=O) groups excluding carboxylic acids is 1. The zero-order valence-corrected chi connectivity index (χ0v) is 14.3. The van der Waals surface area contributed by atoms with Crippen LogP contribution in [0.15, 0.2) is 66.9 Å². The van der Waals surface area contributed by atoms with Crippen molar-refractivity contribution in [2.24, 2.45) is 5.92 Å². The Bertz CT molecular complexity index is 794. The quantitative estimate of drug-likeness (QED) is 0.734. The molecule has 2 atom stereocenters. The van der Waals surface area contributed by atoms with Crippen molar-refractivity contribution in [3.63, 3.8) is 0 Å². The van der Waals surface area contributed by atoms with E-state index in [0.717, 1.165) is 11.3 Å². The van der Waals surface area contributed by atoms with Crippen molar-refractivity contribution in [3.8, 4) is 0 Å². The minimum Gasteiger partial charge on any atom is -0.354 e. The first-order valence-corrected chi connectivity index (χ1v) is 8.21. The second-order valence-electron chi connectivity index (χ2n) is 5.46. The summed E-state index contributed by atoms with van der Waals surface area (Å²) in [6.45, 7) is 3.97. The van der Waals surface area contributed by atoms with E-state index < -0.39 is 5.92 Å². The first-order valence-electron chi connectivity index (χ1n) is 7.43. The number of anilines is 1. The molecule has 0 radical (unpaired) electrons. The molecule has 122 valence electrons. The summed E-state index contributed by atoms with van der Waals surface area (Å²) >= 11 is 11.5. The molecular weight excluding hydrogens is 342 g/mol. The van der Waals surface area contributed by atoms with Crippen molar-refractivity contribution >= 4 is 40.5 Å². The molecular formula is C18H16ClN3OS. The number of amides is 1. The van der Waals surface area contributed by atoms with Gasteiger partial charge in [0.25, 0.3) is 0 Å². The average molecular weight is 358 g/mol. The van der Waals surface area contributed by atoms with Gasteiger partial charge >= 0.3 is 0 Å². The Labute approximate surface area is 150 Å². The molecule has 0 aromatic heterocycles. The lowest BCUT2D eigenvalue weighted by molar-refractivity contribution is -0.119. The lowest BCUT2D eigenvalue weighted by Crippen LogP contribution is -2.51. The zero-order valence-electron chi connectivity index (χ0n) is 12.8. The van der Waals surface area contributed by atoms with Gasteiger partial charge in [-0.3, -0.25) is 4.79 Å². The van der Waals surface area contributed by atoms with E-state index in [1.165, 1.54) is 0 Å². The first-order chi connectivity index (χ1) is 11.6. The Morgan fingerprint density at radius 3 is 2.50 bits per heavy atom.